The van der Waals surface area contributed by atoms with Gasteiger partial charge in [0, 0.05) is 16.7 Å². The van der Waals surface area contributed by atoms with Gasteiger partial charge in [-0.05, 0) is 61.7 Å². The summed E-state index contributed by atoms with van der Waals surface area (Å²) >= 11 is 0. The molecule has 53 heavy (non-hydrogen) atoms. The molecule has 1 atom stereocenters. The van der Waals surface area contributed by atoms with Crippen molar-refractivity contribution >= 4 is 13.3 Å². The summed E-state index contributed by atoms with van der Waals surface area (Å²) in [6.07, 6.45) is 0. The summed E-state index contributed by atoms with van der Waals surface area (Å²) in [6, 6.07) is 61.5. The maximum Gasteiger partial charge on any atom is 0.164 e. The fourth-order valence-electron chi connectivity index (χ4n) is 8.53. The van der Waals surface area contributed by atoms with Crippen molar-refractivity contribution in [1.29, 1.82) is 0 Å². The summed E-state index contributed by atoms with van der Waals surface area (Å²) in [5, 5.41) is 1.49. The number of hydrogen-bond donors (Lipinski definition) is 0. The Hall–Kier alpha value is -6.23. The molecular formula is C49H37N3Si. The van der Waals surface area contributed by atoms with E-state index in [1.807, 2.05) is 60.7 Å². The van der Waals surface area contributed by atoms with Crippen LogP contribution in [0.3, 0.4) is 0 Å². The number of benzene rings is 7. The molecule has 8 aromatic rings. The van der Waals surface area contributed by atoms with Crippen LogP contribution in [0.1, 0.15) is 22.3 Å². The summed E-state index contributed by atoms with van der Waals surface area (Å²) in [5.41, 5.74) is 15.7. The van der Waals surface area contributed by atoms with Crippen LogP contribution < -0.4 is 5.19 Å². The van der Waals surface area contributed by atoms with Crippen LogP contribution in [0.25, 0.3) is 67.5 Å². The van der Waals surface area contributed by atoms with Gasteiger partial charge in [0.05, 0.1) is 13.5 Å². The van der Waals surface area contributed by atoms with E-state index in [1.165, 1.54) is 55.3 Å². The number of aromatic nitrogens is 3. The largest absolute Gasteiger partial charge is 0.208 e. The third-order valence-electron chi connectivity index (χ3n) is 11.1. The standard InChI is InChI=1S/C49H37N3Si/c1-53(2,3)37-27-29-41-39-19-11-13-21-43(39)49(45(41)31-37)42-20-12-10-18-38(42)40-28-26-36(30-44(40)49)32-22-24-35(25-23-32)48-51-46(33-14-6-4-7-15-33)50-47(52-48)34-16-8-5-9-17-34/h4-31H,1-3H3. The first-order chi connectivity index (χ1) is 25.9. The maximum atomic E-state index is 4.97. The second-order valence-electron chi connectivity index (χ2n) is 15.2. The molecule has 3 nitrogen and oxygen atoms in total. The summed E-state index contributed by atoms with van der Waals surface area (Å²) < 4.78 is 0. The Morgan fingerprint density at radius 2 is 0.736 bits per heavy atom. The predicted molar refractivity (Wildman–Crippen MR) is 221 cm³/mol. The van der Waals surface area contributed by atoms with Crippen molar-refractivity contribution in [2.75, 3.05) is 0 Å². The zero-order valence-electron chi connectivity index (χ0n) is 30.0. The number of nitrogens with zero attached hydrogens (tertiary/aromatic N) is 3. The molecule has 0 amide bonds. The van der Waals surface area contributed by atoms with E-state index in [4.69, 9.17) is 15.0 Å². The van der Waals surface area contributed by atoms with Crippen molar-refractivity contribution in [2.45, 2.75) is 25.1 Å². The van der Waals surface area contributed by atoms with E-state index in [0.29, 0.717) is 17.5 Å². The molecule has 0 bridgehead atoms. The monoisotopic (exact) mass is 695 g/mol. The van der Waals surface area contributed by atoms with Crippen molar-refractivity contribution in [2.24, 2.45) is 0 Å². The molecule has 7 aromatic carbocycles. The van der Waals surface area contributed by atoms with Gasteiger partial charge >= 0.3 is 0 Å². The molecule has 0 aliphatic heterocycles. The molecule has 252 valence electrons. The van der Waals surface area contributed by atoms with E-state index in [-0.39, 0.29) is 5.41 Å². The van der Waals surface area contributed by atoms with E-state index in [9.17, 15) is 0 Å². The molecule has 1 spiro atoms. The summed E-state index contributed by atoms with van der Waals surface area (Å²) in [7, 11) is -1.59. The van der Waals surface area contributed by atoms with E-state index in [2.05, 4.69) is 129 Å². The van der Waals surface area contributed by atoms with Crippen molar-refractivity contribution in [3.63, 3.8) is 0 Å². The van der Waals surface area contributed by atoms with Gasteiger partial charge in [-0.15, -0.1) is 0 Å². The topological polar surface area (TPSA) is 38.7 Å². The molecule has 0 saturated heterocycles. The maximum absolute atomic E-state index is 4.97. The highest BCUT2D eigenvalue weighted by Crippen LogP contribution is 2.63. The molecule has 10 rings (SSSR count). The van der Waals surface area contributed by atoms with E-state index in [0.717, 1.165) is 22.3 Å². The second-order valence-corrected chi connectivity index (χ2v) is 20.3. The van der Waals surface area contributed by atoms with E-state index >= 15 is 0 Å². The first-order valence-electron chi connectivity index (χ1n) is 18.4. The first-order valence-corrected chi connectivity index (χ1v) is 21.9. The van der Waals surface area contributed by atoms with Gasteiger partial charge in [0.15, 0.2) is 17.5 Å². The fourth-order valence-corrected chi connectivity index (χ4v) is 9.70. The van der Waals surface area contributed by atoms with Crippen molar-refractivity contribution < 1.29 is 0 Å². The normalized spacial score (nSPS) is 15.2. The lowest BCUT2D eigenvalue weighted by Crippen LogP contribution is -2.38. The average molecular weight is 696 g/mol. The number of fused-ring (bicyclic) bond motifs is 10. The van der Waals surface area contributed by atoms with Crippen LogP contribution in [0.15, 0.2) is 170 Å². The molecule has 0 fully saturated rings. The van der Waals surface area contributed by atoms with Gasteiger partial charge in [-0.25, -0.2) is 15.0 Å². The van der Waals surface area contributed by atoms with Crippen LogP contribution in [0.4, 0.5) is 0 Å². The lowest BCUT2D eigenvalue weighted by atomic mass is 9.70. The zero-order chi connectivity index (χ0) is 35.7. The van der Waals surface area contributed by atoms with Gasteiger partial charge in [0.1, 0.15) is 0 Å². The van der Waals surface area contributed by atoms with Gasteiger partial charge in [-0.1, -0.05) is 189 Å². The van der Waals surface area contributed by atoms with Crippen LogP contribution >= 0.6 is 0 Å². The number of rotatable bonds is 5. The quantitative estimate of drug-likeness (QED) is 0.168. The molecular weight excluding hydrogens is 659 g/mol. The van der Waals surface area contributed by atoms with Crippen LogP contribution in [-0.4, -0.2) is 23.0 Å². The molecule has 2 aliphatic carbocycles. The van der Waals surface area contributed by atoms with Crippen molar-refractivity contribution in [3.05, 3.63) is 192 Å². The molecule has 4 heteroatoms. The van der Waals surface area contributed by atoms with Gasteiger partial charge in [-0.3, -0.25) is 0 Å². The Morgan fingerprint density at radius 1 is 0.340 bits per heavy atom. The van der Waals surface area contributed by atoms with Crippen molar-refractivity contribution in [1.82, 2.24) is 15.0 Å². The Morgan fingerprint density at radius 3 is 1.26 bits per heavy atom. The lowest BCUT2D eigenvalue weighted by Gasteiger charge is -2.31. The second kappa shape index (κ2) is 11.9. The molecule has 2 aliphatic rings. The first kappa shape index (κ1) is 31.5. The van der Waals surface area contributed by atoms with Crippen LogP contribution in [0.5, 0.6) is 0 Å². The minimum Gasteiger partial charge on any atom is -0.208 e. The highest BCUT2D eigenvalue weighted by atomic mass is 28.3. The molecule has 0 N–H and O–H groups in total. The van der Waals surface area contributed by atoms with Crippen molar-refractivity contribution in [3.8, 4) is 67.5 Å². The molecule has 1 heterocycles. The molecule has 1 aromatic heterocycles. The van der Waals surface area contributed by atoms with Crippen LogP contribution in [-0.2, 0) is 5.41 Å². The molecule has 1 unspecified atom stereocenters. The highest BCUT2D eigenvalue weighted by Gasteiger charge is 2.51. The lowest BCUT2D eigenvalue weighted by molar-refractivity contribution is 0.795. The molecule has 0 saturated carbocycles. The van der Waals surface area contributed by atoms with E-state index in [1.54, 1.807) is 0 Å². The highest BCUT2D eigenvalue weighted by molar-refractivity contribution is 6.88. The Labute approximate surface area is 311 Å². The Bertz CT molecular complexity index is 2630. The summed E-state index contributed by atoms with van der Waals surface area (Å²) in [5.74, 6) is 1.98. The molecule has 0 radical (unpaired) electrons. The van der Waals surface area contributed by atoms with Gasteiger partial charge < -0.3 is 0 Å². The Balaban J connectivity index is 1.12. The predicted octanol–water partition coefficient (Wildman–Crippen LogP) is 11.4. The fraction of sp³-hybridized carbons (Fsp3) is 0.0816. The Kier molecular flexibility index (Phi) is 7.08. The minimum atomic E-state index is -1.59. The SMILES string of the molecule is C[Si](C)(C)c1ccc2c(c1)C1(c3ccccc3-c3ccc(-c4ccc(-c5nc(-c6ccccc6)nc(-c6ccccc6)n5)cc4)cc31)c1ccccc1-2. The van der Waals surface area contributed by atoms with E-state index < -0.39 is 8.07 Å². The summed E-state index contributed by atoms with van der Waals surface area (Å²) in [4.78, 5) is 14.8. The van der Waals surface area contributed by atoms with Crippen LogP contribution in [0.2, 0.25) is 19.6 Å². The minimum absolute atomic E-state index is 0.379. The van der Waals surface area contributed by atoms with Gasteiger partial charge in [0.25, 0.3) is 0 Å². The third kappa shape index (κ3) is 4.90. The number of hydrogen-bond acceptors (Lipinski definition) is 3. The average Bonchev–Trinajstić information content (AvgIpc) is 3.68. The smallest absolute Gasteiger partial charge is 0.164 e. The van der Waals surface area contributed by atoms with Gasteiger partial charge in [0.2, 0.25) is 0 Å². The van der Waals surface area contributed by atoms with Gasteiger partial charge in [-0.2, -0.15) is 0 Å². The van der Waals surface area contributed by atoms with Crippen LogP contribution in [0, 0.1) is 0 Å². The summed E-state index contributed by atoms with van der Waals surface area (Å²) in [6.45, 7) is 7.34. The zero-order valence-corrected chi connectivity index (χ0v) is 31.0. The third-order valence-corrected chi connectivity index (χ3v) is 13.2.